The van der Waals surface area contributed by atoms with E-state index in [0.717, 1.165) is 12.1 Å². The van der Waals surface area contributed by atoms with Crippen LogP contribution >= 0.6 is 22.4 Å². The van der Waals surface area contributed by atoms with Crippen LogP contribution in [0.3, 0.4) is 0 Å². The summed E-state index contributed by atoms with van der Waals surface area (Å²) >= 11 is -0.707. The smallest absolute Gasteiger partial charge is 0.326 e. The molecule has 4 nitrogen and oxygen atoms in total. The molecule has 0 aromatic heterocycles. The van der Waals surface area contributed by atoms with Gasteiger partial charge in [-0.15, -0.1) is 0 Å². The van der Waals surface area contributed by atoms with Gasteiger partial charge in [-0.25, -0.2) is 8.42 Å². The van der Waals surface area contributed by atoms with Crippen molar-refractivity contribution in [2.75, 3.05) is 0 Å². The van der Waals surface area contributed by atoms with Crippen LogP contribution in [0, 0.1) is 11.3 Å². The number of benzene rings is 1. The van der Waals surface area contributed by atoms with Crippen LogP contribution in [-0.4, -0.2) is 13.9 Å². The number of thioether (sulfide) groups is 1. The molecule has 0 aliphatic rings. The molecule has 0 aliphatic heterocycles. The summed E-state index contributed by atoms with van der Waals surface area (Å²) in [5, 5.41) is 8.77. The fourth-order valence-electron chi connectivity index (χ4n) is 1.34. The van der Waals surface area contributed by atoms with E-state index >= 15 is 0 Å². The van der Waals surface area contributed by atoms with E-state index in [-0.39, 0.29) is 12.1 Å². The van der Waals surface area contributed by atoms with Crippen LogP contribution in [0.5, 0.6) is 0 Å². The highest BCUT2D eigenvalue weighted by atomic mass is 35.7. The third kappa shape index (κ3) is 4.01. The van der Waals surface area contributed by atoms with Crippen LogP contribution in [-0.2, 0) is 15.6 Å². The van der Waals surface area contributed by atoms with Crippen molar-refractivity contribution in [3.05, 3.63) is 23.3 Å². The molecule has 0 aliphatic carbocycles. The number of halogens is 4. The summed E-state index contributed by atoms with van der Waals surface area (Å²) in [5.41, 5.74) is 0.00583. The average molecular weight is 331 g/mol. The summed E-state index contributed by atoms with van der Waals surface area (Å²) in [5.74, 6) is 0. The SMILES string of the molecule is N#Cc1ccc(CN)c(S(=O)(=O)Cl)c1SC(F)(F)F. The first kappa shape index (κ1) is 16.1. The van der Waals surface area contributed by atoms with E-state index in [4.69, 9.17) is 21.7 Å². The first-order chi connectivity index (χ1) is 8.60. The number of alkyl halides is 3. The molecule has 0 amide bonds. The highest BCUT2D eigenvalue weighted by molar-refractivity contribution is 8.14. The highest BCUT2D eigenvalue weighted by Crippen LogP contribution is 2.43. The van der Waals surface area contributed by atoms with Crippen molar-refractivity contribution in [1.82, 2.24) is 0 Å². The van der Waals surface area contributed by atoms with Gasteiger partial charge in [-0.2, -0.15) is 18.4 Å². The molecule has 1 rings (SSSR count). The van der Waals surface area contributed by atoms with Crippen molar-refractivity contribution in [3.63, 3.8) is 0 Å². The third-order valence-electron chi connectivity index (χ3n) is 2.00. The molecule has 0 spiro atoms. The topological polar surface area (TPSA) is 83.9 Å². The maximum atomic E-state index is 12.4. The highest BCUT2D eigenvalue weighted by Gasteiger charge is 2.35. The third-order valence-corrected chi connectivity index (χ3v) is 4.40. The summed E-state index contributed by atoms with van der Waals surface area (Å²) in [7, 11) is 0.671. The van der Waals surface area contributed by atoms with E-state index in [9.17, 15) is 21.6 Å². The molecule has 0 saturated heterocycles. The fraction of sp³-hybridized carbons (Fsp3) is 0.222. The number of nitrogens with two attached hydrogens (primary N) is 1. The standard InChI is InChI=1S/C9H6ClF3N2O2S2/c10-19(16,17)8-6(4-15)2-1-5(3-14)7(8)18-9(11,12)13/h1-2H,4,15H2. The molecular weight excluding hydrogens is 325 g/mol. The molecule has 104 valence electrons. The van der Waals surface area contributed by atoms with Crippen molar-refractivity contribution in [1.29, 1.82) is 5.26 Å². The van der Waals surface area contributed by atoms with Gasteiger partial charge in [0.25, 0.3) is 9.05 Å². The lowest BCUT2D eigenvalue weighted by Crippen LogP contribution is -2.09. The molecule has 19 heavy (non-hydrogen) atoms. The first-order valence-corrected chi connectivity index (χ1v) is 7.69. The van der Waals surface area contributed by atoms with Crippen LogP contribution in [0.25, 0.3) is 0 Å². The maximum Gasteiger partial charge on any atom is 0.446 e. The Morgan fingerprint density at radius 3 is 2.37 bits per heavy atom. The van der Waals surface area contributed by atoms with Gasteiger partial charge >= 0.3 is 5.51 Å². The van der Waals surface area contributed by atoms with Crippen LogP contribution in [0.15, 0.2) is 21.9 Å². The molecule has 0 fully saturated rings. The predicted octanol–water partition coefficient (Wildman–Crippen LogP) is 2.56. The molecule has 1 aromatic rings. The molecule has 1 aromatic carbocycles. The van der Waals surface area contributed by atoms with Crippen LogP contribution < -0.4 is 5.73 Å². The van der Waals surface area contributed by atoms with Gasteiger partial charge in [-0.1, -0.05) is 6.07 Å². The van der Waals surface area contributed by atoms with Crippen molar-refractivity contribution < 1.29 is 21.6 Å². The van der Waals surface area contributed by atoms with Gasteiger partial charge in [0.2, 0.25) is 0 Å². The zero-order chi connectivity index (χ0) is 14.8. The summed E-state index contributed by atoms with van der Waals surface area (Å²) in [4.78, 5) is -1.52. The molecule has 0 atom stereocenters. The Balaban J connectivity index is 3.69. The van der Waals surface area contributed by atoms with Crippen molar-refractivity contribution in [3.8, 4) is 6.07 Å². The lowest BCUT2D eigenvalue weighted by atomic mass is 10.1. The second-order valence-corrected chi connectivity index (χ2v) is 6.81. The number of hydrogen-bond acceptors (Lipinski definition) is 5. The Kier molecular flexibility index (Phi) is 4.73. The number of hydrogen-bond donors (Lipinski definition) is 1. The molecule has 10 heteroatoms. The quantitative estimate of drug-likeness (QED) is 0.680. The van der Waals surface area contributed by atoms with Gasteiger partial charge < -0.3 is 5.73 Å². The summed E-state index contributed by atoms with van der Waals surface area (Å²) in [6.07, 6.45) is 0. The van der Waals surface area contributed by atoms with Gasteiger partial charge in [-0.3, -0.25) is 0 Å². The summed E-state index contributed by atoms with van der Waals surface area (Å²) < 4.78 is 60.2. The van der Waals surface area contributed by atoms with E-state index < -0.39 is 41.7 Å². The van der Waals surface area contributed by atoms with E-state index in [1.165, 1.54) is 6.07 Å². The molecule has 0 radical (unpaired) electrons. The van der Waals surface area contributed by atoms with Crippen molar-refractivity contribution in [2.24, 2.45) is 5.73 Å². The second kappa shape index (κ2) is 5.58. The Labute approximate surface area is 115 Å². The van der Waals surface area contributed by atoms with Crippen LogP contribution in [0.1, 0.15) is 11.1 Å². The second-order valence-electron chi connectivity index (χ2n) is 3.23. The normalized spacial score (nSPS) is 12.2. The Morgan fingerprint density at radius 1 is 1.42 bits per heavy atom. The molecular formula is C9H6ClF3N2O2S2. The molecule has 0 heterocycles. The minimum absolute atomic E-state index is 0.0826. The Morgan fingerprint density at radius 2 is 2.00 bits per heavy atom. The number of nitrogens with zero attached hydrogens (tertiary/aromatic N) is 1. The van der Waals surface area contributed by atoms with Crippen LogP contribution in [0.4, 0.5) is 13.2 Å². The van der Waals surface area contributed by atoms with Gasteiger partial charge in [0.05, 0.1) is 10.5 Å². The van der Waals surface area contributed by atoms with E-state index in [0.29, 0.717) is 0 Å². The maximum absolute atomic E-state index is 12.4. The van der Waals surface area contributed by atoms with Crippen molar-refractivity contribution in [2.45, 2.75) is 21.8 Å². The zero-order valence-corrected chi connectivity index (χ0v) is 11.4. The Bertz CT molecular complexity index is 638. The van der Waals surface area contributed by atoms with Gasteiger partial charge in [0, 0.05) is 17.2 Å². The first-order valence-electron chi connectivity index (χ1n) is 4.56. The van der Waals surface area contributed by atoms with E-state index in [2.05, 4.69) is 0 Å². The van der Waals surface area contributed by atoms with Crippen LogP contribution in [0.2, 0.25) is 0 Å². The van der Waals surface area contributed by atoms with E-state index in [1.807, 2.05) is 0 Å². The zero-order valence-electron chi connectivity index (χ0n) is 9.03. The Hall–Kier alpha value is -0.950. The molecule has 0 unspecified atom stereocenters. The molecule has 2 N–H and O–H groups in total. The predicted molar refractivity (Wildman–Crippen MR) is 64.0 cm³/mol. The van der Waals surface area contributed by atoms with E-state index in [1.54, 1.807) is 0 Å². The lowest BCUT2D eigenvalue weighted by molar-refractivity contribution is -0.0329. The van der Waals surface area contributed by atoms with Crippen molar-refractivity contribution >= 4 is 31.5 Å². The van der Waals surface area contributed by atoms with Gasteiger partial charge in [0.1, 0.15) is 11.0 Å². The molecule has 0 saturated carbocycles. The largest absolute Gasteiger partial charge is 0.446 e. The monoisotopic (exact) mass is 330 g/mol. The number of nitriles is 1. The lowest BCUT2D eigenvalue weighted by Gasteiger charge is -2.13. The summed E-state index contributed by atoms with van der Waals surface area (Å²) in [6.45, 7) is -0.321. The van der Waals surface area contributed by atoms with Gasteiger partial charge in [-0.05, 0) is 23.4 Å². The average Bonchev–Trinajstić information content (AvgIpc) is 2.24. The summed E-state index contributed by atoms with van der Waals surface area (Å²) in [6, 6.07) is 3.73. The fourth-order valence-corrected chi connectivity index (χ4v) is 3.93. The minimum atomic E-state index is -4.75. The minimum Gasteiger partial charge on any atom is -0.326 e. The molecule has 0 bridgehead atoms. The van der Waals surface area contributed by atoms with Gasteiger partial charge in [0.15, 0.2) is 0 Å². The number of rotatable bonds is 3.